The Balaban J connectivity index is 1.79. The number of thioether (sulfide) groups is 1. The molecule has 5 nitrogen and oxygen atoms in total. The number of nitrogens with zero attached hydrogens (tertiary/aromatic N) is 3. The molecule has 20 heavy (non-hydrogen) atoms. The SMILES string of the molecule is N#Cc1cccc(NC(=O)CCSc2cnccn2)c1. The van der Waals surface area contributed by atoms with Crippen molar-refractivity contribution < 1.29 is 4.79 Å². The molecule has 2 aromatic rings. The summed E-state index contributed by atoms with van der Waals surface area (Å²) < 4.78 is 0. The van der Waals surface area contributed by atoms with Crippen LogP contribution in [-0.4, -0.2) is 21.6 Å². The maximum absolute atomic E-state index is 11.8. The summed E-state index contributed by atoms with van der Waals surface area (Å²) in [5.74, 6) is 0.541. The summed E-state index contributed by atoms with van der Waals surface area (Å²) >= 11 is 1.48. The molecule has 1 N–H and O–H groups in total. The lowest BCUT2D eigenvalue weighted by atomic mass is 10.2. The van der Waals surface area contributed by atoms with Crippen LogP contribution in [-0.2, 0) is 4.79 Å². The van der Waals surface area contributed by atoms with Gasteiger partial charge in [-0.1, -0.05) is 6.07 Å². The van der Waals surface area contributed by atoms with Crippen molar-refractivity contribution in [3.8, 4) is 6.07 Å². The van der Waals surface area contributed by atoms with Crippen LogP contribution < -0.4 is 5.32 Å². The van der Waals surface area contributed by atoms with E-state index in [1.807, 2.05) is 6.07 Å². The fourth-order valence-corrected chi connectivity index (χ4v) is 2.27. The van der Waals surface area contributed by atoms with E-state index in [2.05, 4.69) is 15.3 Å². The first-order valence-electron chi connectivity index (χ1n) is 5.97. The third kappa shape index (κ3) is 4.37. The topological polar surface area (TPSA) is 78.7 Å². The molecule has 1 aromatic heterocycles. The van der Waals surface area contributed by atoms with Gasteiger partial charge in [0.05, 0.1) is 17.8 Å². The highest BCUT2D eigenvalue weighted by molar-refractivity contribution is 7.99. The number of carbonyl (C=O) groups excluding carboxylic acids is 1. The van der Waals surface area contributed by atoms with E-state index in [4.69, 9.17) is 5.26 Å². The van der Waals surface area contributed by atoms with Crippen LogP contribution in [0.15, 0.2) is 47.9 Å². The van der Waals surface area contributed by atoms with Crippen LogP contribution >= 0.6 is 11.8 Å². The zero-order chi connectivity index (χ0) is 14.2. The number of aromatic nitrogens is 2. The van der Waals surface area contributed by atoms with Gasteiger partial charge in [-0.2, -0.15) is 5.26 Å². The lowest BCUT2D eigenvalue weighted by molar-refractivity contribution is -0.115. The summed E-state index contributed by atoms with van der Waals surface area (Å²) in [6.45, 7) is 0. The highest BCUT2D eigenvalue weighted by Gasteiger charge is 2.04. The first-order valence-corrected chi connectivity index (χ1v) is 6.95. The lowest BCUT2D eigenvalue weighted by Gasteiger charge is -2.05. The number of anilines is 1. The van der Waals surface area contributed by atoms with Crippen LogP contribution in [0.1, 0.15) is 12.0 Å². The van der Waals surface area contributed by atoms with E-state index in [9.17, 15) is 4.79 Å². The van der Waals surface area contributed by atoms with Gasteiger partial charge >= 0.3 is 0 Å². The quantitative estimate of drug-likeness (QED) is 0.853. The normalized spacial score (nSPS) is 9.75. The number of nitrogens with one attached hydrogen (secondary N) is 1. The second-order valence-corrected chi connectivity index (χ2v) is 5.00. The van der Waals surface area contributed by atoms with Crippen LogP contribution in [0.25, 0.3) is 0 Å². The lowest BCUT2D eigenvalue weighted by Crippen LogP contribution is -2.12. The zero-order valence-corrected chi connectivity index (χ0v) is 11.4. The van der Waals surface area contributed by atoms with E-state index in [0.717, 1.165) is 5.03 Å². The minimum Gasteiger partial charge on any atom is -0.326 e. The molecule has 0 radical (unpaired) electrons. The highest BCUT2D eigenvalue weighted by Crippen LogP contribution is 2.15. The predicted octanol–water partition coefficient (Wildman–Crippen LogP) is 2.47. The molecule has 1 aromatic carbocycles. The largest absolute Gasteiger partial charge is 0.326 e. The molecular formula is C14H12N4OS. The van der Waals surface area contributed by atoms with Gasteiger partial charge in [0.2, 0.25) is 5.91 Å². The summed E-state index contributed by atoms with van der Waals surface area (Å²) in [4.78, 5) is 19.8. The summed E-state index contributed by atoms with van der Waals surface area (Å²) in [7, 11) is 0. The number of hydrogen-bond donors (Lipinski definition) is 1. The number of carbonyl (C=O) groups is 1. The molecule has 0 bridgehead atoms. The van der Waals surface area contributed by atoms with Crippen molar-refractivity contribution in [3.63, 3.8) is 0 Å². The van der Waals surface area contributed by atoms with Crippen LogP contribution in [0.3, 0.4) is 0 Å². The molecule has 6 heteroatoms. The third-order valence-corrected chi connectivity index (χ3v) is 3.31. The van der Waals surface area contributed by atoms with Crippen LogP contribution in [0.5, 0.6) is 0 Å². The highest BCUT2D eigenvalue weighted by atomic mass is 32.2. The van der Waals surface area contributed by atoms with E-state index in [1.54, 1.807) is 42.9 Å². The van der Waals surface area contributed by atoms with E-state index in [-0.39, 0.29) is 5.91 Å². The predicted molar refractivity (Wildman–Crippen MR) is 77.2 cm³/mol. The minimum atomic E-state index is -0.0866. The number of amides is 1. The standard InChI is InChI=1S/C14H12N4OS/c15-9-11-2-1-3-12(8-11)18-13(19)4-7-20-14-10-16-5-6-17-14/h1-3,5-6,8,10H,4,7H2,(H,18,19). The van der Waals surface area contributed by atoms with Crippen LogP contribution in [0.4, 0.5) is 5.69 Å². The third-order valence-electron chi connectivity index (χ3n) is 2.39. The second-order valence-electron chi connectivity index (χ2n) is 3.88. The van der Waals surface area contributed by atoms with E-state index in [1.165, 1.54) is 11.8 Å². The molecule has 0 fully saturated rings. The zero-order valence-electron chi connectivity index (χ0n) is 10.6. The average molecular weight is 284 g/mol. The summed E-state index contributed by atoms with van der Waals surface area (Å²) in [6.07, 6.45) is 5.27. The van der Waals surface area contributed by atoms with Crippen molar-refractivity contribution in [3.05, 3.63) is 48.4 Å². The Labute approximate surface area is 121 Å². The summed E-state index contributed by atoms with van der Waals surface area (Å²) in [6, 6.07) is 8.87. The van der Waals surface area contributed by atoms with Gasteiger partial charge in [-0.3, -0.25) is 9.78 Å². The Morgan fingerprint density at radius 1 is 1.40 bits per heavy atom. The minimum absolute atomic E-state index is 0.0866. The van der Waals surface area contributed by atoms with Crippen molar-refractivity contribution in [1.29, 1.82) is 5.26 Å². The van der Waals surface area contributed by atoms with Crippen molar-refractivity contribution in [2.24, 2.45) is 0 Å². The molecule has 0 atom stereocenters. The monoisotopic (exact) mass is 284 g/mol. The Kier molecular flexibility index (Phi) is 5.09. The van der Waals surface area contributed by atoms with Gasteiger partial charge in [-0.05, 0) is 18.2 Å². The molecular weight excluding hydrogens is 272 g/mol. The molecule has 1 heterocycles. The van der Waals surface area contributed by atoms with Crippen molar-refractivity contribution in [1.82, 2.24) is 9.97 Å². The molecule has 100 valence electrons. The Hall–Kier alpha value is -2.39. The maximum Gasteiger partial charge on any atom is 0.225 e. The van der Waals surface area contributed by atoms with Gasteiger partial charge in [0.1, 0.15) is 5.03 Å². The molecule has 0 saturated heterocycles. The fourth-order valence-electron chi connectivity index (χ4n) is 1.50. The fraction of sp³-hybridized carbons (Fsp3) is 0.143. The summed E-state index contributed by atoms with van der Waals surface area (Å²) in [5, 5.41) is 12.3. The molecule has 0 aliphatic heterocycles. The van der Waals surface area contributed by atoms with Gasteiger partial charge in [-0.15, -0.1) is 11.8 Å². The van der Waals surface area contributed by atoms with Gasteiger partial charge in [0.15, 0.2) is 0 Å². The molecule has 0 unspecified atom stereocenters. The van der Waals surface area contributed by atoms with Gasteiger partial charge < -0.3 is 5.32 Å². The molecule has 2 rings (SSSR count). The van der Waals surface area contributed by atoms with E-state index < -0.39 is 0 Å². The maximum atomic E-state index is 11.8. The Morgan fingerprint density at radius 3 is 3.05 bits per heavy atom. The molecule has 0 spiro atoms. The smallest absolute Gasteiger partial charge is 0.225 e. The number of nitriles is 1. The molecule has 1 amide bonds. The Bertz CT molecular complexity index is 625. The second kappa shape index (κ2) is 7.26. The van der Waals surface area contributed by atoms with Crippen molar-refractivity contribution in [2.45, 2.75) is 11.4 Å². The Morgan fingerprint density at radius 2 is 2.30 bits per heavy atom. The molecule has 0 aliphatic carbocycles. The number of rotatable bonds is 5. The van der Waals surface area contributed by atoms with Crippen LogP contribution in [0.2, 0.25) is 0 Å². The summed E-state index contributed by atoms with van der Waals surface area (Å²) in [5.41, 5.74) is 1.16. The number of benzene rings is 1. The van der Waals surface area contributed by atoms with Gasteiger partial charge in [0, 0.05) is 30.3 Å². The number of hydrogen-bond acceptors (Lipinski definition) is 5. The average Bonchev–Trinajstić information content (AvgIpc) is 2.48. The van der Waals surface area contributed by atoms with Crippen LogP contribution in [0, 0.1) is 11.3 Å². The van der Waals surface area contributed by atoms with E-state index in [0.29, 0.717) is 23.4 Å². The first-order chi connectivity index (χ1) is 9.78. The molecule has 0 saturated carbocycles. The molecule has 0 aliphatic rings. The van der Waals surface area contributed by atoms with Crippen molar-refractivity contribution >= 4 is 23.4 Å². The first kappa shape index (κ1) is 14.0. The van der Waals surface area contributed by atoms with Crippen molar-refractivity contribution in [2.75, 3.05) is 11.1 Å². The van der Waals surface area contributed by atoms with Gasteiger partial charge in [-0.25, -0.2) is 4.98 Å². The van der Waals surface area contributed by atoms with E-state index >= 15 is 0 Å². The van der Waals surface area contributed by atoms with Gasteiger partial charge in [0.25, 0.3) is 0 Å².